The van der Waals surface area contributed by atoms with Gasteiger partial charge in [-0.1, -0.05) is 6.07 Å². The first-order valence-corrected chi connectivity index (χ1v) is 13.0. The highest BCUT2D eigenvalue weighted by Gasteiger charge is 2.45. The van der Waals surface area contributed by atoms with E-state index in [1.54, 1.807) is 11.3 Å². The van der Waals surface area contributed by atoms with Crippen LogP contribution in [0, 0.1) is 5.82 Å². The van der Waals surface area contributed by atoms with Gasteiger partial charge in [-0.15, -0.1) is 11.3 Å². The van der Waals surface area contributed by atoms with E-state index >= 15 is 0 Å². The fourth-order valence-corrected chi connectivity index (χ4v) is 9.03. The fourth-order valence-electron chi connectivity index (χ4n) is 3.39. The molecule has 3 rings (SSSR count). The van der Waals surface area contributed by atoms with Gasteiger partial charge in [-0.05, 0) is 49.8 Å². The molecule has 2 heterocycles. The largest absolute Gasteiger partial charge is 0.310 e. The van der Waals surface area contributed by atoms with Crippen molar-refractivity contribution in [2.75, 3.05) is 32.1 Å². The van der Waals surface area contributed by atoms with Crippen LogP contribution in [0.25, 0.3) is 0 Å². The third-order valence-corrected chi connectivity index (χ3v) is 10.0. The molecule has 28 heavy (non-hydrogen) atoms. The Morgan fingerprint density at radius 3 is 2.46 bits per heavy atom. The van der Waals surface area contributed by atoms with Crippen molar-refractivity contribution >= 4 is 31.0 Å². The second kappa shape index (κ2) is 8.19. The van der Waals surface area contributed by atoms with Gasteiger partial charge in [0.05, 0.1) is 27.7 Å². The van der Waals surface area contributed by atoms with Crippen LogP contribution in [0.1, 0.15) is 10.9 Å². The molecule has 1 aromatic heterocycles. The van der Waals surface area contributed by atoms with E-state index in [9.17, 15) is 21.2 Å². The number of benzene rings is 1. The van der Waals surface area contributed by atoms with Crippen LogP contribution >= 0.6 is 11.3 Å². The first-order chi connectivity index (χ1) is 13.1. The van der Waals surface area contributed by atoms with Gasteiger partial charge in [-0.25, -0.2) is 21.2 Å². The number of thiophene rings is 1. The van der Waals surface area contributed by atoms with Crippen molar-refractivity contribution in [2.24, 2.45) is 0 Å². The Labute approximate surface area is 169 Å². The summed E-state index contributed by atoms with van der Waals surface area (Å²) in [5.74, 6) is -1.21. The molecule has 1 unspecified atom stereocenters. The summed E-state index contributed by atoms with van der Waals surface area (Å²) in [4.78, 5) is 3.05. The molecule has 10 heteroatoms. The molecular weight excluding hydrogens is 423 g/mol. The summed E-state index contributed by atoms with van der Waals surface area (Å²) in [6.45, 7) is 0.420. The summed E-state index contributed by atoms with van der Waals surface area (Å²) in [6, 6.07) is 7.71. The van der Waals surface area contributed by atoms with Gasteiger partial charge in [0.2, 0.25) is 0 Å². The number of halogens is 1. The van der Waals surface area contributed by atoms with Gasteiger partial charge in [0.25, 0.3) is 0 Å². The average Bonchev–Trinajstić information content (AvgIpc) is 3.23. The summed E-state index contributed by atoms with van der Waals surface area (Å²) in [5, 5.41) is 4.04. The van der Waals surface area contributed by atoms with Crippen LogP contribution in [-0.2, 0) is 19.7 Å². The first kappa shape index (κ1) is 21.4. The molecular formula is C18H23FN2O4S3. The van der Waals surface area contributed by atoms with Crippen LogP contribution in [-0.4, -0.2) is 65.2 Å². The summed E-state index contributed by atoms with van der Waals surface area (Å²) in [7, 11) is -3.57. The van der Waals surface area contributed by atoms with Gasteiger partial charge in [-0.2, -0.15) is 0 Å². The molecule has 0 amide bonds. The SMILES string of the molecule is CN(C)C(CN[C@H]1CS(=O)(=O)C[C@@H]1S(=O)(=O)c1ccc(F)cc1)c1cccs1. The minimum atomic E-state index is -3.92. The zero-order chi connectivity index (χ0) is 20.5. The Hall–Kier alpha value is -1.33. The number of rotatable bonds is 7. The van der Waals surface area contributed by atoms with E-state index in [1.807, 2.05) is 36.5 Å². The van der Waals surface area contributed by atoms with E-state index < -0.39 is 42.5 Å². The number of hydrogen-bond acceptors (Lipinski definition) is 7. The number of sulfone groups is 2. The maximum absolute atomic E-state index is 13.2. The van der Waals surface area contributed by atoms with Gasteiger partial charge in [-0.3, -0.25) is 0 Å². The van der Waals surface area contributed by atoms with E-state index in [0.717, 1.165) is 17.0 Å². The smallest absolute Gasteiger partial charge is 0.183 e. The number of likely N-dealkylation sites (N-methyl/N-ethyl adjacent to an activating group) is 1. The van der Waals surface area contributed by atoms with Gasteiger partial charge in [0.1, 0.15) is 5.82 Å². The Morgan fingerprint density at radius 1 is 1.21 bits per heavy atom. The van der Waals surface area contributed by atoms with E-state index in [4.69, 9.17) is 0 Å². The Morgan fingerprint density at radius 2 is 1.89 bits per heavy atom. The van der Waals surface area contributed by atoms with Crippen LogP contribution in [0.3, 0.4) is 0 Å². The molecule has 1 aliphatic heterocycles. The molecule has 1 fully saturated rings. The van der Waals surface area contributed by atoms with E-state index in [-0.39, 0.29) is 16.7 Å². The third-order valence-electron chi connectivity index (χ3n) is 4.91. The predicted octanol–water partition coefficient (Wildman–Crippen LogP) is 1.72. The molecule has 154 valence electrons. The number of nitrogens with zero attached hydrogens (tertiary/aromatic N) is 1. The lowest BCUT2D eigenvalue weighted by molar-refractivity contribution is 0.285. The molecule has 6 nitrogen and oxygen atoms in total. The zero-order valence-electron chi connectivity index (χ0n) is 15.6. The fraction of sp³-hybridized carbons (Fsp3) is 0.444. The molecule has 0 aliphatic carbocycles. The van der Waals surface area contributed by atoms with Crippen LogP contribution in [0.4, 0.5) is 4.39 Å². The minimum Gasteiger partial charge on any atom is -0.310 e. The maximum Gasteiger partial charge on any atom is 0.183 e. The van der Waals surface area contributed by atoms with Crippen molar-refractivity contribution in [1.82, 2.24) is 10.2 Å². The maximum atomic E-state index is 13.2. The van der Waals surface area contributed by atoms with Crippen molar-refractivity contribution in [3.05, 3.63) is 52.5 Å². The highest BCUT2D eigenvalue weighted by atomic mass is 32.2. The van der Waals surface area contributed by atoms with Gasteiger partial charge < -0.3 is 10.2 Å². The normalized spacial score (nSPS) is 23.1. The standard InChI is InChI=1S/C18H23FN2O4S3/c1-21(2)16(17-4-3-9-26-17)10-20-15-11-27(22,23)12-18(15)28(24,25)14-7-5-13(19)6-8-14/h3-9,15-16,18,20H,10-12H2,1-2H3/t15-,16?,18-/m0/s1. The van der Waals surface area contributed by atoms with Gasteiger partial charge in [0, 0.05) is 17.5 Å². The van der Waals surface area contributed by atoms with Crippen molar-refractivity contribution < 1.29 is 21.2 Å². The molecule has 0 bridgehead atoms. The monoisotopic (exact) mass is 446 g/mol. The molecule has 1 saturated heterocycles. The lowest BCUT2D eigenvalue weighted by atomic mass is 10.2. The average molecular weight is 447 g/mol. The Kier molecular flexibility index (Phi) is 6.26. The highest BCUT2D eigenvalue weighted by molar-refractivity contribution is 7.96. The molecule has 3 atom stereocenters. The number of hydrogen-bond donors (Lipinski definition) is 1. The summed E-state index contributed by atoms with van der Waals surface area (Å²) in [5.41, 5.74) is 0. The molecule has 1 N–H and O–H groups in total. The lowest BCUT2D eigenvalue weighted by Gasteiger charge is -2.27. The second-order valence-corrected chi connectivity index (χ2v) is 12.4. The molecule has 1 aliphatic rings. The van der Waals surface area contributed by atoms with Crippen molar-refractivity contribution in [3.63, 3.8) is 0 Å². The van der Waals surface area contributed by atoms with Crippen LogP contribution in [0.2, 0.25) is 0 Å². The van der Waals surface area contributed by atoms with Gasteiger partial charge >= 0.3 is 0 Å². The quantitative estimate of drug-likeness (QED) is 0.652. The summed E-state index contributed by atoms with van der Waals surface area (Å²) < 4.78 is 63.6. The van der Waals surface area contributed by atoms with Crippen molar-refractivity contribution in [2.45, 2.75) is 22.2 Å². The van der Waals surface area contributed by atoms with Crippen molar-refractivity contribution in [3.8, 4) is 0 Å². The molecule has 1 aromatic carbocycles. The van der Waals surface area contributed by atoms with Crippen LogP contribution in [0.15, 0.2) is 46.7 Å². The molecule has 0 spiro atoms. The van der Waals surface area contributed by atoms with Crippen molar-refractivity contribution in [1.29, 1.82) is 0 Å². The topological polar surface area (TPSA) is 83.6 Å². The van der Waals surface area contributed by atoms with Crippen LogP contribution < -0.4 is 5.32 Å². The summed E-state index contributed by atoms with van der Waals surface area (Å²) >= 11 is 1.59. The second-order valence-electron chi connectivity index (χ2n) is 7.12. The number of nitrogens with one attached hydrogen (secondary N) is 1. The third kappa shape index (κ3) is 4.62. The molecule has 2 aromatic rings. The van der Waals surface area contributed by atoms with Gasteiger partial charge in [0.15, 0.2) is 19.7 Å². The van der Waals surface area contributed by atoms with E-state index in [2.05, 4.69) is 5.32 Å². The first-order valence-electron chi connectivity index (χ1n) is 8.73. The summed E-state index contributed by atoms with van der Waals surface area (Å²) in [6.07, 6.45) is 0. The molecule has 0 radical (unpaired) electrons. The zero-order valence-corrected chi connectivity index (χ0v) is 18.0. The predicted molar refractivity (Wildman–Crippen MR) is 109 cm³/mol. The van der Waals surface area contributed by atoms with E-state index in [0.29, 0.717) is 6.54 Å². The molecule has 0 saturated carbocycles. The van der Waals surface area contributed by atoms with E-state index in [1.165, 1.54) is 12.1 Å². The minimum absolute atomic E-state index is 0.00233. The Balaban J connectivity index is 1.83. The Bertz CT molecular complexity index is 1000. The lowest BCUT2D eigenvalue weighted by Crippen LogP contribution is -2.46. The van der Waals surface area contributed by atoms with Crippen LogP contribution in [0.5, 0.6) is 0 Å². The highest BCUT2D eigenvalue weighted by Crippen LogP contribution is 2.28.